The second-order valence-corrected chi connectivity index (χ2v) is 7.52. The fourth-order valence-corrected chi connectivity index (χ4v) is 3.81. The highest BCUT2D eigenvalue weighted by Crippen LogP contribution is 2.33. The normalized spacial score (nSPS) is 22.6. The Morgan fingerprint density at radius 1 is 1.31 bits per heavy atom. The largest absolute Gasteiger partial charge is 0.495 e. The Labute approximate surface area is 168 Å². The predicted octanol–water partition coefficient (Wildman–Crippen LogP) is 1.72. The van der Waals surface area contributed by atoms with Crippen LogP contribution in [-0.2, 0) is 16.1 Å². The van der Waals surface area contributed by atoms with E-state index in [1.54, 1.807) is 4.90 Å². The van der Waals surface area contributed by atoms with Crippen molar-refractivity contribution in [2.45, 2.75) is 25.7 Å². The van der Waals surface area contributed by atoms with Gasteiger partial charge in [0.15, 0.2) is 11.6 Å². The van der Waals surface area contributed by atoms with Crippen molar-refractivity contribution in [3.05, 3.63) is 53.5 Å². The lowest BCUT2D eigenvalue weighted by Gasteiger charge is -2.50. The van der Waals surface area contributed by atoms with Crippen molar-refractivity contribution >= 4 is 11.7 Å². The average molecular weight is 401 g/mol. The number of anilines is 1. The molecule has 2 aromatic rings. The SMILES string of the molecule is COc1cnc(N2CC(=O)N(Cc3ccc(C)cc3)[C@@H](C3COC3)C2O)c(F)c1. The van der Waals surface area contributed by atoms with E-state index in [0.29, 0.717) is 19.8 Å². The van der Waals surface area contributed by atoms with Crippen LogP contribution in [0.25, 0.3) is 0 Å². The van der Waals surface area contributed by atoms with Crippen LogP contribution in [-0.4, -0.2) is 60.0 Å². The number of ether oxygens (including phenoxy) is 2. The monoisotopic (exact) mass is 401 g/mol. The number of pyridine rings is 1. The number of rotatable bonds is 5. The minimum Gasteiger partial charge on any atom is -0.495 e. The zero-order valence-electron chi connectivity index (χ0n) is 16.4. The minimum atomic E-state index is -1.09. The number of piperazine rings is 1. The van der Waals surface area contributed by atoms with Crippen LogP contribution in [0.2, 0.25) is 0 Å². The number of benzene rings is 1. The third-order valence-electron chi connectivity index (χ3n) is 5.54. The molecule has 154 valence electrons. The van der Waals surface area contributed by atoms with E-state index in [1.165, 1.54) is 24.3 Å². The van der Waals surface area contributed by atoms with E-state index < -0.39 is 18.1 Å². The van der Waals surface area contributed by atoms with Gasteiger partial charge < -0.3 is 24.4 Å². The molecule has 1 aromatic carbocycles. The maximum Gasteiger partial charge on any atom is 0.242 e. The Hall–Kier alpha value is -2.71. The van der Waals surface area contributed by atoms with E-state index in [0.717, 1.165) is 11.1 Å². The molecule has 1 amide bonds. The number of hydrogen-bond donors (Lipinski definition) is 1. The van der Waals surface area contributed by atoms with Gasteiger partial charge in [0, 0.05) is 18.5 Å². The van der Waals surface area contributed by atoms with Crippen molar-refractivity contribution < 1.29 is 23.8 Å². The molecule has 0 radical (unpaired) electrons. The number of nitrogens with zero attached hydrogens (tertiary/aromatic N) is 3. The Kier molecular flexibility index (Phi) is 5.38. The Balaban J connectivity index is 1.63. The smallest absolute Gasteiger partial charge is 0.242 e. The van der Waals surface area contributed by atoms with Gasteiger partial charge in [0.25, 0.3) is 0 Å². The van der Waals surface area contributed by atoms with Crippen LogP contribution in [0.3, 0.4) is 0 Å². The summed E-state index contributed by atoms with van der Waals surface area (Å²) in [7, 11) is 1.42. The molecule has 0 aliphatic carbocycles. The summed E-state index contributed by atoms with van der Waals surface area (Å²) < 4.78 is 24.9. The van der Waals surface area contributed by atoms with E-state index in [9.17, 15) is 14.3 Å². The molecule has 3 heterocycles. The lowest BCUT2D eigenvalue weighted by atomic mass is 9.91. The first-order valence-electron chi connectivity index (χ1n) is 9.55. The number of carbonyl (C=O) groups excluding carboxylic acids is 1. The molecule has 29 heavy (non-hydrogen) atoms. The summed E-state index contributed by atoms with van der Waals surface area (Å²) in [6, 6.07) is 8.60. The molecule has 0 bridgehead atoms. The number of aromatic nitrogens is 1. The average Bonchev–Trinajstić information content (AvgIpc) is 2.67. The first-order valence-corrected chi connectivity index (χ1v) is 9.55. The van der Waals surface area contributed by atoms with Gasteiger partial charge in [-0.2, -0.15) is 0 Å². The van der Waals surface area contributed by atoms with Crippen LogP contribution >= 0.6 is 0 Å². The molecule has 2 aliphatic rings. The van der Waals surface area contributed by atoms with Crippen molar-refractivity contribution in [2.24, 2.45) is 5.92 Å². The minimum absolute atomic E-state index is 0.0245. The Morgan fingerprint density at radius 2 is 2.03 bits per heavy atom. The van der Waals surface area contributed by atoms with Gasteiger partial charge in [-0.05, 0) is 12.5 Å². The third kappa shape index (κ3) is 3.77. The van der Waals surface area contributed by atoms with Crippen LogP contribution < -0.4 is 9.64 Å². The number of aliphatic hydroxyl groups is 1. The number of carbonyl (C=O) groups is 1. The number of aryl methyl sites for hydroxylation is 1. The van der Waals surface area contributed by atoms with Crippen molar-refractivity contribution in [1.29, 1.82) is 0 Å². The highest BCUT2D eigenvalue weighted by Gasteiger charge is 2.47. The van der Waals surface area contributed by atoms with Gasteiger partial charge in [-0.15, -0.1) is 0 Å². The van der Waals surface area contributed by atoms with Gasteiger partial charge in [0.2, 0.25) is 5.91 Å². The molecule has 4 rings (SSSR count). The highest BCUT2D eigenvalue weighted by molar-refractivity contribution is 5.83. The fraction of sp³-hybridized carbons (Fsp3) is 0.429. The van der Waals surface area contributed by atoms with Gasteiger partial charge in [-0.3, -0.25) is 4.79 Å². The first-order chi connectivity index (χ1) is 14.0. The van der Waals surface area contributed by atoms with E-state index in [-0.39, 0.29) is 29.9 Å². The van der Waals surface area contributed by atoms with Crippen molar-refractivity contribution in [3.63, 3.8) is 0 Å². The Morgan fingerprint density at radius 3 is 2.62 bits per heavy atom. The standard InChI is InChI=1S/C21H24FN3O4/c1-13-3-5-14(6-4-13)9-24-18(26)10-25(21(27)19(24)15-11-29-12-15)20-17(22)7-16(28-2)8-23-20/h3-8,15,19,21,27H,9-12H2,1-2H3/t19-,21?/m0/s1. The van der Waals surface area contributed by atoms with Crippen LogP contribution in [0.5, 0.6) is 5.75 Å². The molecule has 2 atom stereocenters. The van der Waals surface area contributed by atoms with Crippen LogP contribution in [0.4, 0.5) is 10.2 Å². The molecule has 7 nitrogen and oxygen atoms in total. The number of aliphatic hydroxyl groups excluding tert-OH is 1. The predicted molar refractivity (Wildman–Crippen MR) is 104 cm³/mol. The second kappa shape index (κ2) is 7.96. The quantitative estimate of drug-likeness (QED) is 0.822. The summed E-state index contributed by atoms with van der Waals surface area (Å²) in [5.41, 5.74) is 2.11. The zero-order valence-corrected chi connectivity index (χ0v) is 16.4. The summed E-state index contributed by atoms with van der Waals surface area (Å²) in [5, 5.41) is 11.1. The molecule has 2 aliphatic heterocycles. The molecular weight excluding hydrogens is 377 g/mol. The van der Waals surface area contributed by atoms with Gasteiger partial charge in [-0.1, -0.05) is 29.8 Å². The van der Waals surface area contributed by atoms with E-state index in [1.807, 2.05) is 31.2 Å². The lowest BCUT2D eigenvalue weighted by molar-refractivity contribution is -0.155. The number of methoxy groups -OCH3 is 1. The molecule has 2 fully saturated rings. The first kappa shape index (κ1) is 19.6. The van der Waals surface area contributed by atoms with E-state index in [4.69, 9.17) is 9.47 Å². The Bertz CT molecular complexity index is 888. The lowest BCUT2D eigenvalue weighted by Crippen LogP contribution is -2.67. The zero-order chi connectivity index (χ0) is 20.5. The molecular formula is C21H24FN3O4. The molecule has 0 saturated carbocycles. The maximum atomic E-state index is 14.6. The van der Waals surface area contributed by atoms with Crippen molar-refractivity contribution in [1.82, 2.24) is 9.88 Å². The summed E-state index contributed by atoms with van der Waals surface area (Å²) in [6.45, 7) is 3.12. The maximum absolute atomic E-state index is 14.6. The molecule has 0 spiro atoms. The van der Waals surface area contributed by atoms with Gasteiger partial charge in [-0.25, -0.2) is 9.37 Å². The van der Waals surface area contributed by atoms with E-state index in [2.05, 4.69) is 4.98 Å². The van der Waals surface area contributed by atoms with Gasteiger partial charge in [0.1, 0.15) is 18.5 Å². The number of halogens is 1. The molecule has 8 heteroatoms. The summed E-state index contributed by atoms with van der Waals surface area (Å²) in [5.74, 6) is -0.652. The molecule has 1 unspecified atom stereocenters. The third-order valence-corrected chi connectivity index (χ3v) is 5.54. The molecule has 2 saturated heterocycles. The summed E-state index contributed by atoms with van der Waals surface area (Å²) in [4.78, 5) is 20.1. The summed E-state index contributed by atoms with van der Waals surface area (Å²) >= 11 is 0. The second-order valence-electron chi connectivity index (χ2n) is 7.52. The highest BCUT2D eigenvalue weighted by atomic mass is 19.1. The molecule has 1 aromatic heterocycles. The fourth-order valence-electron chi connectivity index (χ4n) is 3.81. The topological polar surface area (TPSA) is 75.1 Å². The molecule has 1 N–H and O–H groups in total. The van der Waals surface area contributed by atoms with Crippen LogP contribution in [0.15, 0.2) is 36.5 Å². The van der Waals surface area contributed by atoms with Crippen molar-refractivity contribution in [3.8, 4) is 5.75 Å². The van der Waals surface area contributed by atoms with Crippen LogP contribution in [0, 0.1) is 18.7 Å². The van der Waals surface area contributed by atoms with Gasteiger partial charge >= 0.3 is 0 Å². The number of hydrogen-bond acceptors (Lipinski definition) is 6. The number of amides is 1. The summed E-state index contributed by atoms with van der Waals surface area (Å²) in [6.07, 6.45) is 0.276. The van der Waals surface area contributed by atoms with Gasteiger partial charge in [0.05, 0.1) is 32.6 Å². The van der Waals surface area contributed by atoms with Crippen LogP contribution in [0.1, 0.15) is 11.1 Å². The van der Waals surface area contributed by atoms with Crippen molar-refractivity contribution in [2.75, 3.05) is 31.8 Å². The van der Waals surface area contributed by atoms with E-state index >= 15 is 0 Å².